The van der Waals surface area contributed by atoms with Gasteiger partial charge in [0.2, 0.25) is 10.0 Å². The highest BCUT2D eigenvalue weighted by atomic mass is 35.5. The van der Waals surface area contributed by atoms with Gasteiger partial charge in [-0.25, -0.2) is 12.8 Å². The molecule has 0 fully saturated rings. The van der Waals surface area contributed by atoms with E-state index in [2.05, 4.69) is 0 Å². The van der Waals surface area contributed by atoms with Gasteiger partial charge in [0, 0.05) is 12.2 Å². The van der Waals surface area contributed by atoms with E-state index >= 15 is 0 Å². The first-order valence-electron chi connectivity index (χ1n) is 10.8. The fourth-order valence-corrected chi connectivity index (χ4v) is 5.81. The van der Waals surface area contributed by atoms with Crippen molar-refractivity contribution in [1.82, 2.24) is 4.31 Å². The van der Waals surface area contributed by atoms with Crippen molar-refractivity contribution in [1.29, 1.82) is 0 Å². The molecule has 1 aliphatic heterocycles. The Labute approximate surface area is 212 Å². The van der Waals surface area contributed by atoms with Gasteiger partial charge in [-0.05, 0) is 54.1 Å². The molecular weight excluding hydrogens is 511 g/mol. The van der Waals surface area contributed by atoms with Crippen LogP contribution in [-0.4, -0.2) is 51.4 Å². The summed E-state index contributed by atoms with van der Waals surface area (Å²) in [6.07, 6.45) is 0. The number of carbonyl (C=O) groups is 2. The molecule has 0 aromatic heterocycles. The van der Waals surface area contributed by atoms with Crippen LogP contribution in [0.4, 0.5) is 10.1 Å². The summed E-state index contributed by atoms with van der Waals surface area (Å²) in [6, 6.07) is 14.4. The number of halogens is 2. The van der Waals surface area contributed by atoms with Crippen LogP contribution in [0.2, 0.25) is 5.02 Å². The van der Waals surface area contributed by atoms with Gasteiger partial charge >= 0.3 is 5.97 Å². The Bertz CT molecular complexity index is 1410. The standard InChI is InChI=1S/C25H22ClFN2O6S/c1-34-18-8-10-19(11-9-18)36(32,33)29-14-16-5-3-4-6-22(16)28(15-23(29)25(31)35-2)24(30)20-12-7-17(27)13-21(20)26/h3-13,23H,14-15H2,1-2H3. The molecule has 11 heteroatoms. The minimum atomic E-state index is -4.22. The molecule has 1 aliphatic rings. The Morgan fingerprint density at radius 3 is 2.36 bits per heavy atom. The topological polar surface area (TPSA) is 93.2 Å². The molecule has 0 bridgehead atoms. The number of amides is 1. The second-order valence-electron chi connectivity index (χ2n) is 7.93. The van der Waals surface area contributed by atoms with Crippen LogP contribution in [0.3, 0.4) is 0 Å². The van der Waals surface area contributed by atoms with Gasteiger partial charge in [0.15, 0.2) is 0 Å². The van der Waals surface area contributed by atoms with Crippen LogP contribution >= 0.6 is 11.6 Å². The van der Waals surface area contributed by atoms with Crippen LogP contribution in [0.25, 0.3) is 0 Å². The Balaban J connectivity index is 1.84. The van der Waals surface area contributed by atoms with Crippen molar-refractivity contribution in [2.75, 3.05) is 25.7 Å². The Morgan fingerprint density at radius 2 is 1.72 bits per heavy atom. The molecule has 1 heterocycles. The zero-order valence-corrected chi connectivity index (χ0v) is 20.9. The maximum absolute atomic E-state index is 13.7. The number of para-hydroxylation sites is 1. The number of rotatable bonds is 5. The van der Waals surface area contributed by atoms with Crippen molar-refractivity contribution in [3.05, 3.63) is 88.7 Å². The Morgan fingerprint density at radius 1 is 1.03 bits per heavy atom. The summed E-state index contributed by atoms with van der Waals surface area (Å²) < 4.78 is 52.1. The summed E-state index contributed by atoms with van der Waals surface area (Å²) in [5.41, 5.74) is 0.875. The van der Waals surface area contributed by atoms with Crippen LogP contribution in [0.1, 0.15) is 15.9 Å². The van der Waals surface area contributed by atoms with Gasteiger partial charge in [0.25, 0.3) is 5.91 Å². The van der Waals surface area contributed by atoms with E-state index < -0.39 is 33.8 Å². The molecule has 1 unspecified atom stereocenters. The molecule has 3 aromatic carbocycles. The van der Waals surface area contributed by atoms with Gasteiger partial charge in [0.1, 0.15) is 17.6 Å². The summed E-state index contributed by atoms with van der Waals surface area (Å²) in [4.78, 5) is 27.7. The van der Waals surface area contributed by atoms with E-state index in [4.69, 9.17) is 21.1 Å². The summed E-state index contributed by atoms with van der Waals surface area (Å²) in [6.45, 7) is -0.559. The molecule has 36 heavy (non-hydrogen) atoms. The molecule has 0 aliphatic carbocycles. The number of sulfonamides is 1. The fourth-order valence-electron chi connectivity index (χ4n) is 4.01. The first-order chi connectivity index (χ1) is 17.2. The summed E-state index contributed by atoms with van der Waals surface area (Å²) in [7, 11) is -1.62. The number of fused-ring (bicyclic) bond motifs is 1. The summed E-state index contributed by atoms with van der Waals surface area (Å²) in [5, 5.41) is -0.112. The number of anilines is 1. The number of methoxy groups -OCH3 is 2. The van der Waals surface area contributed by atoms with Crippen LogP contribution in [0.15, 0.2) is 71.6 Å². The molecule has 3 aromatic rings. The quantitative estimate of drug-likeness (QED) is 0.463. The van der Waals surface area contributed by atoms with Crippen molar-refractivity contribution < 1.29 is 31.9 Å². The van der Waals surface area contributed by atoms with E-state index in [1.807, 2.05) is 0 Å². The lowest BCUT2D eigenvalue weighted by Gasteiger charge is -2.29. The monoisotopic (exact) mass is 532 g/mol. The van der Waals surface area contributed by atoms with Gasteiger partial charge in [-0.1, -0.05) is 29.8 Å². The minimum Gasteiger partial charge on any atom is -0.497 e. The Hall–Kier alpha value is -3.47. The number of hydrogen-bond acceptors (Lipinski definition) is 6. The maximum Gasteiger partial charge on any atom is 0.326 e. The molecule has 4 rings (SSSR count). The lowest BCUT2D eigenvalue weighted by atomic mass is 10.1. The molecule has 0 N–H and O–H groups in total. The summed E-state index contributed by atoms with van der Waals surface area (Å²) in [5.74, 6) is -1.61. The second kappa shape index (κ2) is 10.3. The number of ether oxygens (including phenoxy) is 2. The number of hydrogen-bond donors (Lipinski definition) is 0. The molecule has 0 spiro atoms. The second-order valence-corrected chi connectivity index (χ2v) is 10.2. The van der Waals surface area contributed by atoms with Gasteiger partial charge in [-0.2, -0.15) is 4.31 Å². The van der Waals surface area contributed by atoms with Crippen LogP contribution in [0.5, 0.6) is 5.75 Å². The van der Waals surface area contributed by atoms with E-state index in [-0.39, 0.29) is 28.6 Å². The minimum absolute atomic E-state index is 0.00273. The number of esters is 1. The highest BCUT2D eigenvalue weighted by Crippen LogP contribution is 2.33. The van der Waals surface area contributed by atoms with Crippen molar-refractivity contribution in [2.45, 2.75) is 17.5 Å². The lowest BCUT2D eigenvalue weighted by Crippen LogP contribution is -2.50. The normalized spacial score (nSPS) is 16.1. The van der Waals surface area contributed by atoms with E-state index in [1.54, 1.807) is 24.3 Å². The SMILES string of the molecule is COC(=O)C1CN(C(=O)c2ccc(F)cc2Cl)c2ccccc2CN1S(=O)(=O)c1ccc(OC)cc1. The number of nitrogens with zero attached hydrogens (tertiary/aromatic N) is 2. The van der Waals surface area contributed by atoms with Crippen LogP contribution < -0.4 is 9.64 Å². The van der Waals surface area contributed by atoms with E-state index in [0.717, 1.165) is 23.5 Å². The predicted octanol–water partition coefficient (Wildman–Crippen LogP) is 3.88. The molecule has 188 valence electrons. The van der Waals surface area contributed by atoms with Crippen molar-refractivity contribution >= 4 is 39.2 Å². The van der Waals surface area contributed by atoms with Gasteiger partial charge in [-0.15, -0.1) is 0 Å². The summed E-state index contributed by atoms with van der Waals surface area (Å²) >= 11 is 6.15. The largest absolute Gasteiger partial charge is 0.497 e. The van der Waals surface area contributed by atoms with Crippen molar-refractivity contribution in [3.8, 4) is 5.75 Å². The fraction of sp³-hybridized carbons (Fsp3) is 0.200. The van der Waals surface area contributed by atoms with E-state index in [9.17, 15) is 22.4 Å². The zero-order valence-electron chi connectivity index (χ0n) is 19.4. The smallest absolute Gasteiger partial charge is 0.326 e. The molecule has 0 radical (unpaired) electrons. The van der Waals surface area contributed by atoms with Gasteiger partial charge in [0.05, 0.1) is 36.2 Å². The van der Waals surface area contributed by atoms with Crippen molar-refractivity contribution in [3.63, 3.8) is 0 Å². The van der Waals surface area contributed by atoms with Gasteiger partial charge in [-0.3, -0.25) is 9.59 Å². The average Bonchev–Trinajstić information content (AvgIpc) is 3.06. The Kier molecular flexibility index (Phi) is 7.30. The molecular formula is C25H22ClFN2O6S. The van der Waals surface area contributed by atoms with Crippen molar-refractivity contribution in [2.24, 2.45) is 0 Å². The van der Waals surface area contributed by atoms with E-state index in [0.29, 0.717) is 17.0 Å². The maximum atomic E-state index is 13.7. The van der Waals surface area contributed by atoms with Crippen LogP contribution in [0, 0.1) is 5.82 Å². The lowest BCUT2D eigenvalue weighted by molar-refractivity contribution is -0.144. The number of carbonyl (C=O) groups excluding carboxylic acids is 2. The van der Waals surface area contributed by atoms with Gasteiger partial charge < -0.3 is 14.4 Å². The first kappa shape index (κ1) is 25.6. The van der Waals surface area contributed by atoms with Crippen LogP contribution in [-0.2, 0) is 26.1 Å². The third-order valence-corrected chi connectivity index (χ3v) is 8.04. The highest BCUT2D eigenvalue weighted by molar-refractivity contribution is 7.89. The molecule has 1 atom stereocenters. The highest BCUT2D eigenvalue weighted by Gasteiger charge is 2.42. The molecule has 8 nitrogen and oxygen atoms in total. The average molecular weight is 533 g/mol. The molecule has 0 saturated heterocycles. The zero-order chi connectivity index (χ0) is 26.0. The third kappa shape index (κ3) is 4.79. The van der Waals surface area contributed by atoms with E-state index in [1.165, 1.54) is 42.3 Å². The molecule has 1 amide bonds. The first-order valence-corrected chi connectivity index (χ1v) is 12.6. The molecule has 0 saturated carbocycles. The third-order valence-electron chi connectivity index (χ3n) is 5.86. The number of benzene rings is 3. The predicted molar refractivity (Wildman–Crippen MR) is 131 cm³/mol.